The first kappa shape index (κ1) is 21.3. The molecule has 2 N–H and O–H groups in total. The molecule has 0 radical (unpaired) electrons. The molecule has 0 saturated carbocycles. The quantitative estimate of drug-likeness (QED) is 0.362. The Morgan fingerprint density at radius 3 is 2.34 bits per heavy atom. The Morgan fingerprint density at radius 2 is 1.69 bits per heavy atom. The van der Waals surface area contributed by atoms with Gasteiger partial charge in [0, 0.05) is 31.5 Å². The third-order valence-corrected chi connectivity index (χ3v) is 5.45. The van der Waals surface area contributed by atoms with E-state index in [9.17, 15) is 14.8 Å². The van der Waals surface area contributed by atoms with Crippen LogP contribution in [0.25, 0.3) is 22.0 Å². The number of hydrogen-bond donors (Lipinski definition) is 2. The minimum Gasteiger partial charge on any atom is -0.345 e. The lowest BCUT2D eigenvalue weighted by molar-refractivity contribution is -0.132. The largest absolute Gasteiger partial charge is 0.345 e. The van der Waals surface area contributed by atoms with E-state index in [1.54, 1.807) is 35.4 Å². The van der Waals surface area contributed by atoms with Gasteiger partial charge in [0.25, 0.3) is 11.8 Å². The number of carbonyl (C=O) groups is 2. The van der Waals surface area contributed by atoms with Crippen molar-refractivity contribution >= 4 is 22.7 Å². The predicted octanol–water partition coefficient (Wildman–Crippen LogP) is 3.69. The van der Waals surface area contributed by atoms with Crippen LogP contribution < -0.4 is 5.48 Å². The van der Waals surface area contributed by atoms with Crippen molar-refractivity contribution in [3.8, 4) is 11.1 Å². The summed E-state index contributed by atoms with van der Waals surface area (Å²) in [5.74, 6) is -0.566. The monoisotopic (exact) mass is 428 g/mol. The lowest BCUT2D eigenvalue weighted by Gasteiger charge is -2.17. The molecule has 7 heteroatoms. The molecule has 0 saturated heterocycles. The van der Waals surface area contributed by atoms with Crippen LogP contribution in [-0.2, 0) is 11.2 Å². The Labute approximate surface area is 185 Å². The number of amides is 2. The minimum atomic E-state index is -0.693. The van der Waals surface area contributed by atoms with Gasteiger partial charge in [0.1, 0.15) is 6.04 Å². The maximum atomic E-state index is 12.4. The highest BCUT2D eigenvalue weighted by Gasteiger charge is 2.23. The molecule has 1 heterocycles. The fourth-order valence-electron chi connectivity index (χ4n) is 3.75. The summed E-state index contributed by atoms with van der Waals surface area (Å²) in [6.45, 7) is 0. The van der Waals surface area contributed by atoms with Gasteiger partial charge in [0.2, 0.25) is 0 Å². The van der Waals surface area contributed by atoms with Crippen LogP contribution in [0.15, 0.2) is 79.0 Å². The molecular formula is C25H24N4O3. The Kier molecular flexibility index (Phi) is 6.00. The first-order valence-electron chi connectivity index (χ1n) is 10.2. The number of hydroxylamine groups is 1. The van der Waals surface area contributed by atoms with Crippen LogP contribution in [-0.4, -0.2) is 45.8 Å². The number of carbonyl (C=O) groups excluding carboxylic acids is 2. The summed E-state index contributed by atoms with van der Waals surface area (Å²) >= 11 is 0. The van der Waals surface area contributed by atoms with Crippen molar-refractivity contribution in [1.29, 1.82) is 0 Å². The summed E-state index contributed by atoms with van der Waals surface area (Å²) in [4.78, 5) is 26.1. The van der Waals surface area contributed by atoms with Crippen LogP contribution in [0.3, 0.4) is 0 Å². The van der Waals surface area contributed by atoms with Gasteiger partial charge in [0.15, 0.2) is 0 Å². The summed E-state index contributed by atoms with van der Waals surface area (Å²) in [5.41, 5.74) is 6.11. The third-order valence-electron chi connectivity index (χ3n) is 5.45. The van der Waals surface area contributed by atoms with Crippen molar-refractivity contribution in [2.24, 2.45) is 0 Å². The van der Waals surface area contributed by atoms with Crippen molar-refractivity contribution in [3.63, 3.8) is 0 Å². The van der Waals surface area contributed by atoms with E-state index in [4.69, 9.17) is 0 Å². The highest BCUT2D eigenvalue weighted by atomic mass is 16.5. The number of nitrogens with one attached hydrogen (secondary N) is 1. The van der Waals surface area contributed by atoms with Gasteiger partial charge in [-0.25, -0.2) is 5.48 Å². The Hall–Kier alpha value is -3.97. The number of fused-ring (bicyclic) bond motifs is 1. The van der Waals surface area contributed by atoms with Crippen LogP contribution >= 0.6 is 0 Å². The summed E-state index contributed by atoms with van der Waals surface area (Å²) in [7, 11) is 3.45. The van der Waals surface area contributed by atoms with Gasteiger partial charge in [-0.15, -0.1) is 0 Å². The molecule has 1 aromatic heterocycles. The van der Waals surface area contributed by atoms with E-state index < -0.39 is 11.9 Å². The van der Waals surface area contributed by atoms with Crippen molar-refractivity contribution < 1.29 is 14.8 Å². The third kappa shape index (κ3) is 4.24. The molecule has 0 aliphatic rings. The topological polar surface area (TPSA) is 87.5 Å². The van der Waals surface area contributed by atoms with Crippen LogP contribution in [0.2, 0.25) is 0 Å². The Morgan fingerprint density at radius 1 is 1.00 bits per heavy atom. The van der Waals surface area contributed by atoms with Crippen molar-refractivity contribution in [2.75, 3.05) is 14.1 Å². The van der Waals surface area contributed by atoms with E-state index >= 15 is 0 Å². The number of benzene rings is 3. The highest BCUT2D eigenvalue weighted by molar-refractivity contribution is 5.94. The van der Waals surface area contributed by atoms with Crippen molar-refractivity contribution in [2.45, 2.75) is 12.5 Å². The molecule has 0 bridgehead atoms. The van der Waals surface area contributed by atoms with E-state index in [1.807, 2.05) is 72.8 Å². The zero-order valence-corrected chi connectivity index (χ0v) is 17.9. The summed E-state index contributed by atoms with van der Waals surface area (Å²) in [5, 5.41) is 14.6. The molecule has 32 heavy (non-hydrogen) atoms. The van der Waals surface area contributed by atoms with Gasteiger partial charge in [-0.05, 0) is 41.0 Å². The maximum absolute atomic E-state index is 12.4. The summed E-state index contributed by atoms with van der Waals surface area (Å²) in [6, 6.07) is 22.2. The maximum Gasteiger partial charge on any atom is 0.268 e. The molecule has 2 amide bonds. The zero-order chi connectivity index (χ0) is 22.7. The van der Waals surface area contributed by atoms with E-state index in [0.717, 1.165) is 27.6 Å². The fourth-order valence-corrected chi connectivity index (χ4v) is 3.75. The molecule has 7 nitrogen and oxygen atoms in total. The molecule has 3 aromatic carbocycles. The molecule has 1 atom stereocenters. The van der Waals surface area contributed by atoms with Gasteiger partial charge < -0.3 is 4.90 Å². The van der Waals surface area contributed by atoms with E-state index in [-0.39, 0.29) is 5.91 Å². The highest BCUT2D eigenvalue weighted by Crippen LogP contribution is 2.27. The van der Waals surface area contributed by atoms with Crippen LogP contribution in [0, 0.1) is 0 Å². The first-order valence-corrected chi connectivity index (χ1v) is 10.2. The molecule has 4 rings (SSSR count). The zero-order valence-electron chi connectivity index (χ0n) is 17.9. The number of rotatable bonds is 6. The SMILES string of the molecule is CN(C)C(=O)c1ccc(-c2ccc3c(cnn3C(Cc3ccccc3)C(=O)NO)c2)cc1. The van der Waals surface area contributed by atoms with Crippen LogP contribution in [0.5, 0.6) is 0 Å². The molecule has 162 valence electrons. The van der Waals surface area contributed by atoms with Gasteiger partial charge in [-0.1, -0.05) is 48.5 Å². The number of hydrogen-bond acceptors (Lipinski definition) is 4. The standard InChI is InChI=1S/C25H24N4O3/c1-28(2)25(31)19-10-8-18(9-11-19)20-12-13-22-21(15-20)16-26-29(22)23(24(30)27-32)14-17-6-4-3-5-7-17/h3-13,15-16,23,32H,14H2,1-2H3,(H,27,30). The van der Waals surface area contributed by atoms with Crippen molar-refractivity contribution in [1.82, 2.24) is 20.2 Å². The molecule has 4 aromatic rings. The van der Waals surface area contributed by atoms with Gasteiger partial charge >= 0.3 is 0 Å². The lowest BCUT2D eigenvalue weighted by atomic mass is 10.0. The second-order valence-electron chi connectivity index (χ2n) is 7.82. The normalized spacial score (nSPS) is 11.8. The predicted molar refractivity (Wildman–Crippen MR) is 122 cm³/mol. The molecule has 0 spiro atoms. The summed E-state index contributed by atoms with van der Waals surface area (Å²) in [6.07, 6.45) is 2.11. The molecule has 0 aliphatic heterocycles. The van der Waals surface area contributed by atoms with Crippen molar-refractivity contribution in [3.05, 3.63) is 90.1 Å². The molecular weight excluding hydrogens is 404 g/mol. The van der Waals surface area contributed by atoms with Gasteiger partial charge in [-0.3, -0.25) is 19.5 Å². The average molecular weight is 428 g/mol. The molecule has 0 aliphatic carbocycles. The molecule has 0 fully saturated rings. The Balaban J connectivity index is 1.66. The minimum absolute atomic E-state index is 0.0418. The second-order valence-corrected chi connectivity index (χ2v) is 7.82. The number of aromatic nitrogens is 2. The van der Waals surface area contributed by atoms with Crippen LogP contribution in [0.1, 0.15) is 22.0 Å². The Bertz CT molecular complexity index is 1250. The fraction of sp³-hybridized carbons (Fsp3) is 0.160. The summed E-state index contributed by atoms with van der Waals surface area (Å²) < 4.78 is 1.64. The van der Waals surface area contributed by atoms with E-state index in [0.29, 0.717) is 12.0 Å². The van der Waals surface area contributed by atoms with Gasteiger partial charge in [0.05, 0.1) is 11.7 Å². The number of nitrogens with zero attached hydrogens (tertiary/aromatic N) is 3. The van der Waals surface area contributed by atoms with E-state index in [1.165, 1.54) is 0 Å². The van der Waals surface area contributed by atoms with E-state index in [2.05, 4.69) is 5.10 Å². The smallest absolute Gasteiger partial charge is 0.268 e. The first-order chi connectivity index (χ1) is 15.5. The lowest BCUT2D eigenvalue weighted by Crippen LogP contribution is -2.32. The average Bonchev–Trinajstić information content (AvgIpc) is 3.25. The second kappa shape index (κ2) is 9.03. The van der Waals surface area contributed by atoms with Gasteiger partial charge in [-0.2, -0.15) is 5.10 Å². The molecule has 1 unspecified atom stereocenters. The van der Waals surface area contributed by atoms with Crippen LogP contribution in [0.4, 0.5) is 0 Å².